The van der Waals surface area contributed by atoms with Crippen molar-refractivity contribution in [2.75, 3.05) is 12.0 Å². The molecule has 0 aromatic carbocycles. The van der Waals surface area contributed by atoms with Crippen molar-refractivity contribution in [3.05, 3.63) is 34.2 Å². The smallest absolute Gasteiger partial charge is 0.268 e. The quantitative estimate of drug-likeness (QED) is 0.772. The summed E-state index contributed by atoms with van der Waals surface area (Å²) in [6.07, 6.45) is 1.58. The molecule has 88 valence electrons. The summed E-state index contributed by atoms with van der Waals surface area (Å²) >= 11 is 0. The molecule has 6 heteroatoms. The first-order valence-electron chi connectivity index (χ1n) is 4.79. The summed E-state index contributed by atoms with van der Waals surface area (Å²) < 4.78 is 10.9. The van der Waals surface area contributed by atoms with Gasteiger partial charge in [0.15, 0.2) is 0 Å². The average molecular weight is 242 g/mol. The van der Waals surface area contributed by atoms with E-state index in [1.807, 2.05) is 0 Å². The number of pyridine rings is 1. The highest BCUT2D eigenvalue weighted by Gasteiger charge is 2.11. The number of aromatic nitrogens is 1. The minimum atomic E-state index is -0.960. The number of hydrogen-bond acceptors (Lipinski definition) is 3. The summed E-state index contributed by atoms with van der Waals surface area (Å²) in [6.45, 7) is 1.76. The molecular formula is C10H14N2O3S. The Bertz CT molecular complexity index is 455. The fourth-order valence-electron chi connectivity index (χ4n) is 1.28. The van der Waals surface area contributed by atoms with E-state index in [1.165, 1.54) is 18.2 Å². The summed E-state index contributed by atoms with van der Waals surface area (Å²) in [5, 5.41) is 2.65. The molecule has 16 heavy (non-hydrogen) atoms. The van der Waals surface area contributed by atoms with E-state index < -0.39 is 10.8 Å². The molecule has 0 aliphatic rings. The van der Waals surface area contributed by atoms with Gasteiger partial charge in [-0.05, 0) is 13.0 Å². The van der Waals surface area contributed by atoms with E-state index >= 15 is 0 Å². The van der Waals surface area contributed by atoms with Gasteiger partial charge in [-0.1, -0.05) is 6.07 Å². The second-order valence-corrected chi connectivity index (χ2v) is 5.02. The van der Waals surface area contributed by atoms with Gasteiger partial charge >= 0.3 is 0 Å². The van der Waals surface area contributed by atoms with Crippen LogP contribution in [0, 0.1) is 0 Å². The van der Waals surface area contributed by atoms with Crippen molar-refractivity contribution in [1.29, 1.82) is 0 Å². The molecular weight excluding hydrogens is 228 g/mol. The largest absolute Gasteiger partial charge is 0.347 e. The van der Waals surface area contributed by atoms with Crippen molar-refractivity contribution < 1.29 is 9.00 Å². The number of nitrogens with one attached hydrogen (secondary N) is 2. The normalized spacial score (nSPS) is 14.1. The molecule has 0 fully saturated rings. The van der Waals surface area contributed by atoms with Gasteiger partial charge in [0.1, 0.15) is 5.69 Å². The molecule has 2 N–H and O–H groups in total. The molecule has 1 aromatic rings. The van der Waals surface area contributed by atoms with Crippen LogP contribution < -0.4 is 10.9 Å². The molecule has 0 bridgehead atoms. The molecule has 1 heterocycles. The second kappa shape index (κ2) is 5.60. The zero-order valence-electron chi connectivity index (χ0n) is 9.15. The van der Waals surface area contributed by atoms with E-state index in [1.54, 1.807) is 13.2 Å². The molecule has 0 aliphatic heterocycles. The summed E-state index contributed by atoms with van der Waals surface area (Å²) in [5.74, 6) is 0.0265. The zero-order valence-corrected chi connectivity index (χ0v) is 9.97. The van der Waals surface area contributed by atoms with E-state index in [-0.39, 0.29) is 23.2 Å². The zero-order chi connectivity index (χ0) is 12.1. The molecule has 0 aliphatic carbocycles. The lowest BCUT2D eigenvalue weighted by Crippen LogP contribution is -2.37. The van der Waals surface area contributed by atoms with Gasteiger partial charge in [0.25, 0.3) is 5.91 Å². The molecule has 1 aromatic heterocycles. The predicted octanol–water partition coefficient (Wildman–Crippen LogP) is -0.128. The highest BCUT2D eigenvalue weighted by molar-refractivity contribution is 7.84. The van der Waals surface area contributed by atoms with Crippen LogP contribution in [0.4, 0.5) is 0 Å². The van der Waals surface area contributed by atoms with Crippen LogP contribution in [0.2, 0.25) is 0 Å². The second-order valence-electron chi connectivity index (χ2n) is 3.54. The van der Waals surface area contributed by atoms with Crippen molar-refractivity contribution >= 4 is 16.7 Å². The van der Waals surface area contributed by atoms with Gasteiger partial charge in [0, 0.05) is 34.9 Å². The number of rotatable bonds is 4. The summed E-state index contributed by atoms with van der Waals surface area (Å²) in [7, 11) is -0.960. The standard InChI is InChI=1S/C10H14N2O3S/c1-7(6-16(2)15)11-10(14)8-4-3-5-9(13)12-8/h3-5,7H,6H2,1-2H3,(H,11,14)(H,12,13). The first kappa shape index (κ1) is 12.6. The summed E-state index contributed by atoms with van der Waals surface area (Å²) in [5.41, 5.74) is -0.111. The highest BCUT2D eigenvalue weighted by Crippen LogP contribution is 1.93. The number of H-pyrrole nitrogens is 1. The monoisotopic (exact) mass is 242 g/mol. The van der Waals surface area contributed by atoms with Crippen LogP contribution in [-0.4, -0.2) is 33.2 Å². The first-order valence-corrected chi connectivity index (χ1v) is 6.52. The van der Waals surface area contributed by atoms with E-state index in [0.717, 1.165) is 0 Å². The number of carbonyl (C=O) groups is 1. The van der Waals surface area contributed by atoms with Crippen LogP contribution in [0.15, 0.2) is 23.0 Å². The summed E-state index contributed by atoms with van der Waals surface area (Å²) in [4.78, 5) is 25.0. The van der Waals surface area contributed by atoms with Crippen molar-refractivity contribution in [2.24, 2.45) is 0 Å². The van der Waals surface area contributed by atoms with Crippen LogP contribution in [0.5, 0.6) is 0 Å². The fourth-order valence-corrected chi connectivity index (χ4v) is 2.06. The Morgan fingerprint density at radius 1 is 1.56 bits per heavy atom. The third-order valence-electron chi connectivity index (χ3n) is 1.88. The van der Waals surface area contributed by atoms with Gasteiger partial charge in [-0.2, -0.15) is 0 Å². The molecule has 5 nitrogen and oxygen atoms in total. The van der Waals surface area contributed by atoms with Crippen molar-refractivity contribution in [3.8, 4) is 0 Å². The maximum Gasteiger partial charge on any atom is 0.268 e. The average Bonchev–Trinajstić information content (AvgIpc) is 2.16. The lowest BCUT2D eigenvalue weighted by molar-refractivity contribution is 0.0938. The van der Waals surface area contributed by atoms with E-state index in [2.05, 4.69) is 10.3 Å². The number of hydrogen-bond donors (Lipinski definition) is 2. The molecule has 1 amide bonds. The Balaban J connectivity index is 2.65. The molecule has 1 rings (SSSR count). The van der Waals surface area contributed by atoms with Gasteiger partial charge in [0.05, 0.1) is 0 Å². The van der Waals surface area contributed by atoms with Crippen LogP contribution in [0.25, 0.3) is 0 Å². The first-order chi connectivity index (χ1) is 7.49. The van der Waals surface area contributed by atoms with Gasteiger partial charge in [-0.3, -0.25) is 13.8 Å². The maximum atomic E-state index is 11.6. The van der Waals surface area contributed by atoms with Crippen LogP contribution in [0.1, 0.15) is 17.4 Å². The van der Waals surface area contributed by atoms with Crippen LogP contribution in [0.3, 0.4) is 0 Å². The topological polar surface area (TPSA) is 79.0 Å². The molecule has 0 spiro atoms. The lowest BCUT2D eigenvalue weighted by atomic mass is 10.3. The van der Waals surface area contributed by atoms with E-state index in [0.29, 0.717) is 5.75 Å². The van der Waals surface area contributed by atoms with Gasteiger partial charge in [-0.25, -0.2) is 0 Å². The Labute approximate surface area is 95.7 Å². The minimum Gasteiger partial charge on any atom is -0.347 e. The Morgan fingerprint density at radius 3 is 2.81 bits per heavy atom. The Hall–Kier alpha value is -1.43. The van der Waals surface area contributed by atoms with Gasteiger partial charge < -0.3 is 10.3 Å². The maximum absolute atomic E-state index is 11.6. The number of aromatic amines is 1. The lowest BCUT2D eigenvalue weighted by Gasteiger charge is -2.11. The van der Waals surface area contributed by atoms with Gasteiger partial charge in [-0.15, -0.1) is 0 Å². The van der Waals surface area contributed by atoms with Crippen LogP contribution in [-0.2, 0) is 10.8 Å². The third kappa shape index (κ3) is 3.98. The molecule has 2 atom stereocenters. The SMILES string of the molecule is CC(CS(C)=O)NC(=O)c1cccc(=O)[nH]1. The van der Waals surface area contributed by atoms with Crippen molar-refractivity contribution in [3.63, 3.8) is 0 Å². The molecule has 2 unspecified atom stereocenters. The van der Waals surface area contributed by atoms with Crippen LogP contribution >= 0.6 is 0 Å². The Kier molecular flexibility index (Phi) is 4.42. The number of carbonyl (C=O) groups excluding carboxylic acids is 1. The Morgan fingerprint density at radius 2 is 2.25 bits per heavy atom. The van der Waals surface area contributed by atoms with Crippen molar-refractivity contribution in [1.82, 2.24) is 10.3 Å². The van der Waals surface area contributed by atoms with Gasteiger partial charge in [0.2, 0.25) is 5.56 Å². The molecule has 0 saturated heterocycles. The third-order valence-corrected chi connectivity index (χ3v) is 2.84. The van der Waals surface area contributed by atoms with E-state index in [4.69, 9.17) is 0 Å². The highest BCUT2D eigenvalue weighted by atomic mass is 32.2. The predicted molar refractivity (Wildman–Crippen MR) is 62.9 cm³/mol. The van der Waals surface area contributed by atoms with Crippen molar-refractivity contribution in [2.45, 2.75) is 13.0 Å². The fraction of sp³-hybridized carbons (Fsp3) is 0.400. The molecule has 0 saturated carbocycles. The molecule has 0 radical (unpaired) electrons. The van der Waals surface area contributed by atoms with E-state index in [9.17, 15) is 13.8 Å². The summed E-state index contributed by atoms with van der Waals surface area (Å²) in [6, 6.07) is 4.17. The number of amides is 1. The minimum absolute atomic E-state index is 0.193.